The van der Waals surface area contributed by atoms with Crippen molar-refractivity contribution in [1.82, 2.24) is 4.90 Å². The molecule has 7 nitrogen and oxygen atoms in total. The van der Waals surface area contributed by atoms with E-state index in [2.05, 4.69) is 53.1 Å². The molecule has 3 amide bonds. The number of anilines is 1. The Morgan fingerprint density at radius 2 is 1.66 bits per heavy atom. The predicted molar refractivity (Wildman–Crippen MR) is 129 cm³/mol. The van der Waals surface area contributed by atoms with Gasteiger partial charge in [0, 0.05) is 26.4 Å². The molecule has 0 radical (unpaired) electrons. The van der Waals surface area contributed by atoms with Crippen LogP contribution < -0.4 is 5.32 Å². The lowest BCUT2D eigenvalue weighted by Gasteiger charge is -2.28. The zero-order valence-corrected chi connectivity index (χ0v) is 22.3. The fraction of sp³-hybridized carbons (Fsp3) is 0.545. The van der Waals surface area contributed by atoms with E-state index in [1.165, 1.54) is 4.90 Å². The van der Waals surface area contributed by atoms with Gasteiger partial charge in [0.2, 0.25) is 11.8 Å². The summed E-state index contributed by atoms with van der Waals surface area (Å²) < 4.78 is 6.00. The summed E-state index contributed by atoms with van der Waals surface area (Å²) in [7, 11) is 0. The van der Waals surface area contributed by atoms with Crippen LogP contribution in [0.25, 0.3) is 0 Å². The number of esters is 1. The van der Waals surface area contributed by atoms with Crippen LogP contribution in [-0.2, 0) is 23.9 Å². The number of carbonyl (C=O) groups excluding carboxylic acids is 4. The number of amides is 3. The number of halogens is 3. The number of imide groups is 1. The van der Waals surface area contributed by atoms with E-state index in [-0.39, 0.29) is 58.1 Å². The van der Waals surface area contributed by atoms with Gasteiger partial charge in [-0.05, 0) is 55.4 Å². The second kappa shape index (κ2) is 9.18. The molecule has 172 valence electrons. The summed E-state index contributed by atoms with van der Waals surface area (Å²) >= 11 is 10.7. The van der Waals surface area contributed by atoms with Crippen molar-refractivity contribution in [3.05, 3.63) is 27.7 Å². The van der Waals surface area contributed by atoms with Crippen LogP contribution in [0.1, 0.15) is 24.0 Å². The Bertz CT molecular complexity index is 968. The van der Waals surface area contributed by atoms with Gasteiger partial charge in [0.1, 0.15) is 0 Å². The van der Waals surface area contributed by atoms with Gasteiger partial charge in [0.05, 0.1) is 18.3 Å². The number of rotatable bonds is 6. The number of hydrogen-bond acceptors (Lipinski definition) is 5. The lowest BCUT2D eigenvalue weighted by atomic mass is 9.81. The second-order valence-corrected chi connectivity index (χ2v) is 11.6. The third-order valence-corrected chi connectivity index (χ3v) is 11.0. The number of fused-ring (bicyclic) bond motifs is 5. The molecule has 3 aliphatic rings. The maximum atomic E-state index is 12.9. The lowest BCUT2D eigenvalue weighted by Crippen LogP contribution is -2.37. The van der Waals surface area contributed by atoms with Crippen molar-refractivity contribution < 1.29 is 23.9 Å². The van der Waals surface area contributed by atoms with Crippen molar-refractivity contribution >= 4 is 77.2 Å². The minimum Gasteiger partial charge on any atom is -0.456 e. The Morgan fingerprint density at radius 1 is 1.06 bits per heavy atom. The van der Waals surface area contributed by atoms with Crippen LogP contribution in [0.5, 0.6) is 0 Å². The number of hydrogen-bond donors (Lipinski definition) is 1. The van der Waals surface area contributed by atoms with Gasteiger partial charge in [-0.3, -0.25) is 24.1 Å². The monoisotopic (exact) mass is 632 g/mol. The first-order chi connectivity index (χ1) is 15.1. The third-order valence-electron chi connectivity index (χ3n) is 6.98. The largest absolute Gasteiger partial charge is 0.456 e. The van der Waals surface area contributed by atoms with Crippen LogP contribution in [-0.4, -0.2) is 51.4 Å². The summed E-state index contributed by atoms with van der Waals surface area (Å²) in [6, 6.07) is 3.61. The maximum absolute atomic E-state index is 12.9. The topological polar surface area (TPSA) is 92.8 Å². The van der Waals surface area contributed by atoms with Crippen molar-refractivity contribution in [1.29, 1.82) is 0 Å². The maximum Gasteiger partial charge on any atom is 0.308 e. The molecular formula is C22H23Br3N2O5. The summed E-state index contributed by atoms with van der Waals surface area (Å²) in [4.78, 5) is 51.6. The standard InChI is InChI=1S/C22H23Br3N2O5/c1-9-10(2)14(4-3-13(9)23)26-15(28)8-32-16(29)5-6-27-21(30)17-11-7-12(18(17)22(27)31)20(25)19(11)24/h3-4,11-12,17-20H,5-8H2,1-2H3,(H,26,28)/t11-,12-,17-,18-,19+,20+/m1/s1. The van der Waals surface area contributed by atoms with Crippen LogP contribution in [0.3, 0.4) is 0 Å². The SMILES string of the molecule is Cc1c(Br)ccc(NC(=O)COC(=O)CCN2C(=O)[C@@H]3[C@H]4C[C@@H]([C@H](Br)[C@H]4Br)[C@H]3C2=O)c1C. The number of nitrogens with one attached hydrogen (secondary N) is 1. The Hall–Kier alpha value is -1.26. The van der Waals surface area contributed by atoms with Gasteiger partial charge in [-0.25, -0.2) is 0 Å². The van der Waals surface area contributed by atoms with Gasteiger partial charge in [-0.15, -0.1) is 0 Å². The predicted octanol–water partition coefficient (Wildman–Crippen LogP) is 3.72. The Morgan fingerprint density at radius 3 is 2.25 bits per heavy atom. The summed E-state index contributed by atoms with van der Waals surface area (Å²) in [5.41, 5.74) is 2.58. The second-order valence-electron chi connectivity index (χ2n) is 8.64. The average Bonchev–Trinajstić information content (AvgIpc) is 3.36. The Kier molecular flexibility index (Phi) is 6.85. The third kappa shape index (κ3) is 4.07. The molecular weight excluding hydrogens is 612 g/mol. The lowest BCUT2D eigenvalue weighted by molar-refractivity contribution is -0.149. The van der Waals surface area contributed by atoms with Gasteiger partial charge in [-0.2, -0.15) is 0 Å². The first-order valence-electron chi connectivity index (χ1n) is 10.5. The molecule has 1 saturated heterocycles. The minimum absolute atomic E-state index is 0.0184. The fourth-order valence-corrected chi connectivity index (χ4v) is 7.46. The molecule has 3 fully saturated rings. The molecule has 2 saturated carbocycles. The number of benzene rings is 1. The smallest absolute Gasteiger partial charge is 0.308 e. The molecule has 10 heteroatoms. The highest BCUT2D eigenvalue weighted by Gasteiger charge is 2.66. The molecule has 2 aliphatic carbocycles. The normalized spacial score (nSPS) is 30.6. The average molecular weight is 635 g/mol. The zero-order valence-electron chi connectivity index (χ0n) is 17.6. The van der Waals surface area contributed by atoms with Crippen LogP contribution >= 0.6 is 47.8 Å². The molecule has 4 rings (SSSR count). The highest BCUT2D eigenvalue weighted by molar-refractivity contribution is 9.12. The van der Waals surface area contributed by atoms with Crippen molar-refractivity contribution in [2.75, 3.05) is 18.5 Å². The van der Waals surface area contributed by atoms with E-state index >= 15 is 0 Å². The molecule has 2 bridgehead atoms. The van der Waals surface area contributed by atoms with Crippen molar-refractivity contribution in [3.8, 4) is 0 Å². The molecule has 0 unspecified atom stereocenters. The van der Waals surface area contributed by atoms with Gasteiger partial charge < -0.3 is 10.1 Å². The van der Waals surface area contributed by atoms with Crippen molar-refractivity contribution in [3.63, 3.8) is 0 Å². The van der Waals surface area contributed by atoms with Crippen LogP contribution in [0.2, 0.25) is 0 Å². The number of likely N-dealkylation sites (tertiary alicyclic amines) is 1. The van der Waals surface area contributed by atoms with E-state index in [0.29, 0.717) is 5.69 Å². The van der Waals surface area contributed by atoms with Crippen LogP contribution in [0.4, 0.5) is 5.69 Å². The van der Waals surface area contributed by atoms with Gasteiger partial charge in [0.15, 0.2) is 6.61 Å². The summed E-state index contributed by atoms with van der Waals surface area (Å²) in [5, 5.41) is 2.73. The van der Waals surface area contributed by atoms with Crippen molar-refractivity contribution in [2.24, 2.45) is 23.7 Å². The van der Waals surface area contributed by atoms with E-state index in [9.17, 15) is 19.2 Å². The molecule has 6 atom stereocenters. The molecule has 0 spiro atoms. The minimum atomic E-state index is -0.624. The fourth-order valence-electron chi connectivity index (χ4n) is 5.16. The molecule has 1 heterocycles. The van der Waals surface area contributed by atoms with Crippen LogP contribution in [0.15, 0.2) is 16.6 Å². The summed E-state index contributed by atoms with van der Waals surface area (Å²) in [6.07, 6.45) is 0.729. The van der Waals surface area contributed by atoms with E-state index in [0.717, 1.165) is 22.0 Å². The molecule has 1 N–H and O–H groups in total. The number of ether oxygens (including phenoxy) is 1. The summed E-state index contributed by atoms with van der Waals surface area (Å²) in [6.45, 7) is 3.38. The first kappa shape index (κ1) is 23.9. The first-order valence-corrected chi connectivity index (χ1v) is 13.1. The van der Waals surface area contributed by atoms with Crippen molar-refractivity contribution in [2.45, 2.75) is 36.3 Å². The Balaban J connectivity index is 1.27. The van der Waals surface area contributed by atoms with Gasteiger partial charge in [-0.1, -0.05) is 47.8 Å². The van der Waals surface area contributed by atoms with E-state index in [4.69, 9.17) is 4.74 Å². The number of nitrogens with zero attached hydrogens (tertiary/aromatic N) is 1. The molecule has 1 aromatic carbocycles. The van der Waals surface area contributed by atoms with E-state index in [1.54, 1.807) is 6.07 Å². The molecule has 0 aromatic heterocycles. The highest BCUT2D eigenvalue weighted by Crippen LogP contribution is 2.60. The highest BCUT2D eigenvalue weighted by atomic mass is 79.9. The number of carbonyl (C=O) groups is 4. The van der Waals surface area contributed by atoms with E-state index in [1.807, 2.05) is 19.9 Å². The van der Waals surface area contributed by atoms with E-state index < -0.39 is 18.5 Å². The summed E-state index contributed by atoms with van der Waals surface area (Å²) in [5.74, 6) is -1.79. The molecule has 32 heavy (non-hydrogen) atoms. The van der Waals surface area contributed by atoms with Gasteiger partial charge in [0.25, 0.3) is 5.91 Å². The Labute approximate surface area is 211 Å². The van der Waals surface area contributed by atoms with Gasteiger partial charge >= 0.3 is 5.97 Å². The molecule has 1 aromatic rings. The van der Waals surface area contributed by atoms with Crippen LogP contribution in [0, 0.1) is 37.5 Å². The quantitative estimate of drug-likeness (QED) is 0.293. The zero-order chi connectivity index (χ0) is 23.3. The molecule has 1 aliphatic heterocycles. The number of alkyl halides is 2.